The number of nitrogens with two attached hydrogens (primary N) is 1. The van der Waals surface area contributed by atoms with Crippen molar-refractivity contribution in [3.8, 4) is 0 Å². The molecule has 1 saturated heterocycles. The van der Waals surface area contributed by atoms with E-state index in [-0.39, 0.29) is 0 Å². The zero-order chi connectivity index (χ0) is 12.6. The Bertz CT molecular complexity index is 323. The first-order valence-electron chi connectivity index (χ1n) is 7.00. The summed E-state index contributed by atoms with van der Waals surface area (Å²) < 4.78 is 5.65. The summed E-state index contributed by atoms with van der Waals surface area (Å²) in [5.74, 6) is 5.62. The molecule has 18 heavy (non-hydrogen) atoms. The van der Waals surface area contributed by atoms with Crippen molar-refractivity contribution in [2.24, 2.45) is 5.84 Å². The molecule has 0 aromatic heterocycles. The molecule has 1 aromatic rings. The van der Waals surface area contributed by atoms with Crippen LogP contribution >= 0.6 is 0 Å². The van der Waals surface area contributed by atoms with Crippen molar-refractivity contribution >= 4 is 0 Å². The smallest absolute Gasteiger partial charge is 0.0591 e. The SMILES string of the molecule is NNC(CCCc1ccccc1)CC1CCCO1. The second-order valence-corrected chi connectivity index (χ2v) is 5.11. The molecule has 2 rings (SSSR count). The van der Waals surface area contributed by atoms with Crippen LogP contribution in [0.2, 0.25) is 0 Å². The second kappa shape index (κ2) is 7.52. The number of nitrogens with one attached hydrogen (secondary N) is 1. The first-order chi connectivity index (χ1) is 8.88. The molecule has 0 spiro atoms. The maximum Gasteiger partial charge on any atom is 0.0591 e. The highest BCUT2D eigenvalue weighted by Crippen LogP contribution is 2.19. The van der Waals surface area contributed by atoms with E-state index in [1.807, 2.05) is 0 Å². The lowest BCUT2D eigenvalue weighted by molar-refractivity contribution is 0.0934. The van der Waals surface area contributed by atoms with Gasteiger partial charge in [-0.15, -0.1) is 0 Å². The van der Waals surface area contributed by atoms with E-state index in [1.165, 1.54) is 24.8 Å². The van der Waals surface area contributed by atoms with E-state index in [1.54, 1.807) is 0 Å². The molecule has 0 bridgehead atoms. The number of ether oxygens (including phenoxy) is 1. The maximum absolute atomic E-state index is 5.65. The molecule has 1 aromatic carbocycles. The normalized spacial score (nSPS) is 21.1. The molecule has 2 unspecified atom stereocenters. The Morgan fingerprint density at radius 1 is 1.33 bits per heavy atom. The first kappa shape index (κ1) is 13.5. The molecule has 3 nitrogen and oxygen atoms in total. The van der Waals surface area contributed by atoms with E-state index in [0.717, 1.165) is 25.9 Å². The summed E-state index contributed by atoms with van der Waals surface area (Å²) in [6, 6.07) is 11.0. The van der Waals surface area contributed by atoms with E-state index >= 15 is 0 Å². The first-order valence-corrected chi connectivity index (χ1v) is 7.00. The minimum Gasteiger partial charge on any atom is -0.378 e. The fraction of sp³-hybridized carbons (Fsp3) is 0.600. The summed E-state index contributed by atoms with van der Waals surface area (Å²) >= 11 is 0. The van der Waals surface area contributed by atoms with Crippen molar-refractivity contribution in [3.63, 3.8) is 0 Å². The molecule has 100 valence electrons. The van der Waals surface area contributed by atoms with Gasteiger partial charge >= 0.3 is 0 Å². The Kier molecular flexibility index (Phi) is 5.65. The summed E-state index contributed by atoms with van der Waals surface area (Å²) in [6.45, 7) is 0.923. The predicted molar refractivity (Wildman–Crippen MR) is 74.1 cm³/mol. The van der Waals surface area contributed by atoms with Crippen LogP contribution in [0.25, 0.3) is 0 Å². The molecule has 1 aliphatic heterocycles. The largest absolute Gasteiger partial charge is 0.378 e. The number of hydrazine groups is 1. The molecule has 0 amide bonds. The summed E-state index contributed by atoms with van der Waals surface area (Å²) in [7, 11) is 0. The van der Waals surface area contributed by atoms with E-state index in [2.05, 4.69) is 35.8 Å². The average Bonchev–Trinajstić information content (AvgIpc) is 2.92. The average molecular weight is 248 g/mol. The lowest BCUT2D eigenvalue weighted by Crippen LogP contribution is -2.37. The molecule has 0 radical (unpaired) electrons. The van der Waals surface area contributed by atoms with Gasteiger partial charge in [0.05, 0.1) is 6.10 Å². The third kappa shape index (κ3) is 4.41. The van der Waals surface area contributed by atoms with Gasteiger partial charge < -0.3 is 4.74 Å². The molecule has 0 aliphatic carbocycles. The highest BCUT2D eigenvalue weighted by molar-refractivity contribution is 5.14. The third-order valence-electron chi connectivity index (χ3n) is 3.67. The number of hydrogen-bond acceptors (Lipinski definition) is 3. The van der Waals surface area contributed by atoms with Crippen molar-refractivity contribution in [3.05, 3.63) is 35.9 Å². The molecule has 0 saturated carbocycles. The molecule has 1 aliphatic rings. The van der Waals surface area contributed by atoms with Gasteiger partial charge in [-0.05, 0) is 44.1 Å². The lowest BCUT2D eigenvalue weighted by atomic mass is 10.00. The zero-order valence-corrected chi connectivity index (χ0v) is 11.0. The van der Waals surface area contributed by atoms with Crippen LogP contribution < -0.4 is 11.3 Å². The molecular weight excluding hydrogens is 224 g/mol. The topological polar surface area (TPSA) is 47.3 Å². The third-order valence-corrected chi connectivity index (χ3v) is 3.67. The minimum atomic E-state index is 0.386. The fourth-order valence-corrected chi connectivity index (χ4v) is 2.61. The Balaban J connectivity index is 1.67. The molecule has 3 heteroatoms. The van der Waals surface area contributed by atoms with Gasteiger partial charge in [0.25, 0.3) is 0 Å². The van der Waals surface area contributed by atoms with E-state index < -0.39 is 0 Å². The highest BCUT2D eigenvalue weighted by atomic mass is 16.5. The Morgan fingerprint density at radius 2 is 2.17 bits per heavy atom. The van der Waals surface area contributed by atoms with Crippen LogP contribution in [-0.2, 0) is 11.2 Å². The van der Waals surface area contributed by atoms with Gasteiger partial charge in [0, 0.05) is 12.6 Å². The Labute approximate surface area is 110 Å². The number of hydrogen-bond donors (Lipinski definition) is 2. The van der Waals surface area contributed by atoms with Crippen LogP contribution in [-0.4, -0.2) is 18.8 Å². The van der Waals surface area contributed by atoms with Crippen LogP contribution in [0.5, 0.6) is 0 Å². The van der Waals surface area contributed by atoms with Gasteiger partial charge in [-0.25, -0.2) is 0 Å². The molecule has 2 atom stereocenters. The highest BCUT2D eigenvalue weighted by Gasteiger charge is 2.19. The zero-order valence-electron chi connectivity index (χ0n) is 11.0. The van der Waals surface area contributed by atoms with Crippen molar-refractivity contribution in [2.75, 3.05) is 6.61 Å². The van der Waals surface area contributed by atoms with Crippen LogP contribution in [0.4, 0.5) is 0 Å². The van der Waals surface area contributed by atoms with E-state index in [9.17, 15) is 0 Å². The van der Waals surface area contributed by atoms with Gasteiger partial charge in [0.2, 0.25) is 0 Å². The van der Waals surface area contributed by atoms with Crippen molar-refractivity contribution in [2.45, 2.75) is 50.7 Å². The second-order valence-electron chi connectivity index (χ2n) is 5.11. The Morgan fingerprint density at radius 3 is 2.83 bits per heavy atom. The molecular formula is C15H24N2O. The van der Waals surface area contributed by atoms with Gasteiger partial charge in [0.1, 0.15) is 0 Å². The summed E-state index contributed by atoms with van der Waals surface area (Å²) in [5, 5.41) is 0. The fourth-order valence-electron chi connectivity index (χ4n) is 2.61. The molecule has 1 heterocycles. The number of aryl methyl sites for hydroxylation is 1. The van der Waals surface area contributed by atoms with E-state index in [4.69, 9.17) is 10.6 Å². The number of benzene rings is 1. The lowest BCUT2D eigenvalue weighted by Gasteiger charge is -2.19. The summed E-state index contributed by atoms with van der Waals surface area (Å²) in [5.41, 5.74) is 4.34. The quantitative estimate of drug-likeness (QED) is 0.575. The monoisotopic (exact) mass is 248 g/mol. The van der Waals surface area contributed by atoms with Crippen molar-refractivity contribution in [1.82, 2.24) is 5.43 Å². The van der Waals surface area contributed by atoms with Crippen LogP contribution in [0.15, 0.2) is 30.3 Å². The maximum atomic E-state index is 5.65. The van der Waals surface area contributed by atoms with Crippen LogP contribution in [0.1, 0.15) is 37.7 Å². The summed E-state index contributed by atoms with van der Waals surface area (Å²) in [4.78, 5) is 0. The van der Waals surface area contributed by atoms with E-state index in [0.29, 0.717) is 12.1 Å². The van der Waals surface area contributed by atoms with Gasteiger partial charge in [-0.3, -0.25) is 11.3 Å². The van der Waals surface area contributed by atoms with Gasteiger partial charge in [-0.2, -0.15) is 0 Å². The number of rotatable bonds is 7. The van der Waals surface area contributed by atoms with Crippen LogP contribution in [0, 0.1) is 0 Å². The minimum absolute atomic E-state index is 0.386. The Hall–Kier alpha value is -0.900. The van der Waals surface area contributed by atoms with Gasteiger partial charge in [-0.1, -0.05) is 30.3 Å². The molecule has 1 fully saturated rings. The predicted octanol–water partition coefficient (Wildman–Crippen LogP) is 2.41. The summed E-state index contributed by atoms with van der Waals surface area (Å²) in [6.07, 6.45) is 7.28. The van der Waals surface area contributed by atoms with Gasteiger partial charge in [0.15, 0.2) is 0 Å². The standard InChI is InChI=1S/C15H24N2O/c16-17-14(12-15-10-5-11-18-15)9-4-8-13-6-2-1-3-7-13/h1-3,6-7,14-15,17H,4-5,8-12,16H2. The molecule has 3 N–H and O–H groups in total. The van der Waals surface area contributed by atoms with Crippen molar-refractivity contribution in [1.29, 1.82) is 0 Å². The van der Waals surface area contributed by atoms with Crippen LogP contribution in [0.3, 0.4) is 0 Å². The van der Waals surface area contributed by atoms with Crippen molar-refractivity contribution < 1.29 is 4.74 Å².